The predicted molar refractivity (Wildman–Crippen MR) is 130 cm³/mol. The molecule has 0 aliphatic heterocycles. The molecule has 10 heteroatoms. The number of hydrogen-bond donors (Lipinski definition) is 6. The van der Waals surface area contributed by atoms with E-state index in [0.717, 1.165) is 12.0 Å². The molecule has 0 aromatic heterocycles. The number of nitrogens with two attached hydrogens (primary N) is 2. The van der Waals surface area contributed by atoms with E-state index in [9.17, 15) is 24.3 Å². The summed E-state index contributed by atoms with van der Waals surface area (Å²) in [6.45, 7) is 5.79. The van der Waals surface area contributed by atoms with Gasteiger partial charge >= 0.3 is 5.97 Å². The maximum atomic E-state index is 12.8. The van der Waals surface area contributed by atoms with Crippen LogP contribution in [0.25, 0.3) is 0 Å². The molecule has 34 heavy (non-hydrogen) atoms. The van der Waals surface area contributed by atoms with Crippen molar-refractivity contribution in [2.24, 2.45) is 17.4 Å². The molecule has 0 radical (unpaired) electrons. The van der Waals surface area contributed by atoms with Gasteiger partial charge in [0.25, 0.3) is 0 Å². The standard InChI is InChI=1S/C24H39N5O5/c1-15(2)13-19(28-22(31)18(26)11-7-8-12-25)23(32)27-16(3)21(30)29-20(24(33)34)14-17-9-5-4-6-10-17/h4-6,9-10,15-16,18-20H,7-8,11-14,25-26H2,1-3H3,(H,27,32)(H,28,31)(H,29,30)(H,33,34). The summed E-state index contributed by atoms with van der Waals surface area (Å²) in [6.07, 6.45) is 2.38. The van der Waals surface area contributed by atoms with Gasteiger partial charge in [-0.25, -0.2) is 4.79 Å². The molecule has 190 valence electrons. The van der Waals surface area contributed by atoms with E-state index in [1.807, 2.05) is 19.9 Å². The minimum absolute atomic E-state index is 0.0934. The molecule has 0 fully saturated rings. The fourth-order valence-corrected chi connectivity index (χ4v) is 3.35. The molecule has 4 atom stereocenters. The minimum Gasteiger partial charge on any atom is -0.480 e. The van der Waals surface area contributed by atoms with Crippen LogP contribution in [0, 0.1) is 5.92 Å². The van der Waals surface area contributed by atoms with Crippen LogP contribution in [0.1, 0.15) is 52.0 Å². The van der Waals surface area contributed by atoms with Crippen molar-refractivity contribution in [3.05, 3.63) is 35.9 Å². The zero-order chi connectivity index (χ0) is 25.7. The first-order chi connectivity index (χ1) is 16.0. The topological polar surface area (TPSA) is 177 Å². The van der Waals surface area contributed by atoms with E-state index in [4.69, 9.17) is 11.5 Å². The van der Waals surface area contributed by atoms with E-state index >= 15 is 0 Å². The summed E-state index contributed by atoms with van der Waals surface area (Å²) in [5, 5.41) is 17.2. The van der Waals surface area contributed by atoms with Crippen LogP contribution in [0.5, 0.6) is 0 Å². The van der Waals surface area contributed by atoms with E-state index in [2.05, 4.69) is 16.0 Å². The molecule has 0 bridgehead atoms. The molecule has 0 saturated carbocycles. The van der Waals surface area contributed by atoms with Crippen LogP contribution in [0.4, 0.5) is 0 Å². The molecule has 0 aliphatic rings. The number of aliphatic carboxylic acids is 1. The lowest BCUT2D eigenvalue weighted by Gasteiger charge is -2.24. The molecule has 1 aromatic carbocycles. The Kier molecular flexibility index (Phi) is 12.8. The van der Waals surface area contributed by atoms with Crippen molar-refractivity contribution in [2.75, 3.05) is 6.54 Å². The van der Waals surface area contributed by atoms with Crippen molar-refractivity contribution in [2.45, 2.75) is 77.0 Å². The van der Waals surface area contributed by atoms with Crippen molar-refractivity contribution in [1.82, 2.24) is 16.0 Å². The molecule has 1 rings (SSSR count). The van der Waals surface area contributed by atoms with Crippen LogP contribution in [-0.4, -0.2) is 59.5 Å². The highest BCUT2D eigenvalue weighted by atomic mass is 16.4. The molecule has 0 heterocycles. The van der Waals surface area contributed by atoms with Gasteiger partial charge < -0.3 is 32.5 Å². The maximum absolute atomic E-state index is 12.8. The number of carboxylic acids is 1. The number of nitrogens with one attached hydrogen (secondary N) is 3. The number of amides is 3. The van der Waals surface area contributed by atoms with Crippen molar-refractivity contribution in [1.29, 1.82) is 0 Å². The zero-order valence-electron chi connectivity index (χ0n) is 20.3. The molecule has 1 aromatic rings. The smallest absolute Gasteiger partial charge is 0.326 e. The number of carboxylic acid groups (broad SMARTS) is 1. The van der Waals surface area contributed by atoms with E-state index in [1.165, 1.54) is 6.92 Å². The number of carbonyl (C=O) groups excluding carboxylic acids is 3. The highest BCUT2D eigenvalue weighted by Gasteiger charge is 2.28. The molecule has 0 spiro atoms. The Morgan fingerprint density at radius 3 is 2.06 bits per heavy atom. The van der Waals surface area contributed by atoms with Crippen LogP contribution in [0.3, 0.4) is 0 Å². The third-order valence-electron chi connectivity index (χ3n) is 5.30. The van der Waals surface area contributed by atoms with Gasteiger partial charge in [-0.2, -0.15) is 0 Å². The lowest BCUT2D eigenvalue weighted by molar-refractivity contribution is -0.142. The second-order valence-electron chi connectivity index (χ2n) is 8.90. The summed E-state index contributed by atoms with van der Waals surface area (Å²) in [6, 6.07) is 5.14. The summed E-state index contributed by atoms with van der Waals surface area (Å²) in [5.74, 6) is -2.69. The second kappa shape index (κ2) is 15.0. The average molecular weight is 478 g/mol. The molecule has 8 N–H and O–H groups in total. The van der Waals surface area contributed by atoms with E-state index in [1.54, 1.807) is 24.3 Å². The fourth-order valence-electron chi connectivity index (χ4n) is 3.35. The third-order valence-corrected chi connectivity index (χ3v) is 5.30. The first-order valence-electron chi connectivity index (χ1n) is 11.7. The monoisotopic (exact) mass is 477 g/mol. The van der Waals surface area contributed by atoms with Crippen molar-refractivity contribution < 1.29 is 24.3 Å². The summed E-state index contributed by atoms with van der Waals surface area (Å²) in [5.41, 5.74) is 12.1. The van der Waals surface area contributed by atoms with Crippen LogP contribution in [0.2, 0.25) is 0 Å². The van der Waals surface area contributed by atoms with Gasteiger partial charge in [-0.1, -0.05) is 50.6 Å². The Labute approximate surface area is 201 Å². The summed E-state index contributed by atoms with van der Waals surface area (Å²) < 4.78 is 0. The number of hydrogen-bond acceptors (Lipinski definition) is 6. The molecule has 0 saturated heterocycles. The third kappa shape index (κ3) is 10.8. The Morgan fingerprint density at radius 2 is 1.50 bits per heavy atom. The molecule has 10 nitrogen and oxygen atoms in total. The van der Waals surface area contributed by atoms with Crippen molar-refractivity contribution in [3.63, 3.8) is 0 Å². The second-order valence-corrected chi connectivity index (χ2v) is 8.90. The van der Waals surface area contributed by atoms with Crippen molar-refractivity contribution >= 4 is 23.7 Å². The minimum atomic E-state index is -1.18. The van der Waals surface area contributed by atoms with Crippen molar-refractivity contribution in [3.8, 4) is 0 Å². The van der Waals surface area contributed by atoms with E-state index < -0.39 is 47.9 Å². The van der Waals surface area contributed by atoms with Gasteiger partial charge in [-0.15, -0.1) is 0 Å². The van der Waals surface area contributed by atoms with Gasteiger partial charge in [0, 0.05) is 6.42 Å². The maximum Gasteiger partial charge on any atom is 0.326 e. The number of rotatable bonds is 15. The van der Waals surface area contributed by atoms with Crippen LogP contribution in [0.15, 0.2) is 30.3 Å². The van der Waals surface area contributed by atoms with Gasteiger partial charge in [-0.05, 0) is 44.2 Å². The van der Waals surface area contributed by atoms with E-state index in [0.29, 0.717) is 25.8 Å². The van der Waals surface area contributed by atoms with Gasteiger partial charge in [0.1, 0.15) is 18.1 Å². The van der Waals surface area contributed by atoms with Gasteiger partial charge in [-0.3, -0.25) is 14.4 Å². The SMILES string of the molecule is CC(C)CC(NC(=O)C(N)CCCCN)C(=O)NC(C)C(=O)NC(Cc1ccccc1)C(=O)O. The highest BCUT2D eigenvalue weighted by molar-refractivity contribution is 5.93. The first-order valence-corrected chi connectivity index (χ1v) is 11.7. The van der Waals surface area contributed by atoms with E-state index in [-0.39, 0.29) is 12.3 Å². The number of unbranched alkanes of at least 4 members (excludes halogenated alkanes) is 1. The van der Waals surface area contributed by atoms with Gasteiger partial charge in [0.2, 0.25) is 17.7 Å². The van der Waals surface area contributed by atoms with Gasteiger partial charge in [0.05, 0.1) is 6.04 Å². The van der Waals surface area contributed by atoms with Gasteiger partial charge in [0.15, 0.2) is 0 Å². The summed E-state index contributed by atoms with van der Waals surface area (Å²) in [7, 11) is 0. The first kappa shape index (κ1) is 29.1. The van der Waals surface area contributed by atoms with Crippen LogP contribution in [-0.2, 0) is 25.6 Å². The number of carbonyl (C=O) groups is 4. The molecular formula is C24H39N5O5. The highest BCUT2D eigenvalue weighted by Crippen LogP contribution is 2.08. The summed E-state index contributed by atoms with van der Waals surface area (Å²) in [4.78, 5) is 49.5. The Bertz CT molecular complexity index is 802. The number of benzene rings is 1. The Morgan fingerprint density at radius 1 is 0.882 bits per heavy atom. The molecular weight excluding hydrogens is 438 g/mol. The Balaban J connectivity index is 2.73. The van der Waals surface area contributed by atoms with Crippen LogP contribution < -0.4 is 27.4 Å². The average Bonchev–Trinajstić information content (AvgIpc) is 2.78. The lowest BCUT2D eigenvalue weighted by Crippen LogP contribution is -2.56. The predicted octanol–water partition coefficient (Wildman–Crippen LogP) is 0.290. The summed E-state index contributed by atoms with van der Waals surface area (Å²) >= 11 is 0. The van der Waals surface area contributed by atoms with Crippen LogP contribution >= 0.6 is 0 Å². The molecule has 0 aliphatic carbocycles. The quantitative estimate of drug-likeness (QED) is 0.197. The fraction of sp³-hybridized carbons (Fsp3) is 0.583. The largest absolute Gasteiger partial charge is 0.480 e. The molecule has 3 amide bonds. The molecule has 4 unspecified atom stereocenters. The lowest BCUT2D eigenvalue weighted by atomic mass is 10.0. The Hall–Kier alpha value is -2.98. The normalized spacial score (nSPS) is 14.5. The zero-order valence-corrected chi connectivity index (χ0v) is 20.3.